The molecule has 3 rings (SSSR count). The van der Waals surface area contributed by atoms with Crippen LogP contribution in [0.4, 0.5) is 4.39 Å². The first kappa shape index (κ1) is 26.1. The molecule has 2 unspecified atom stereocenters. The van der Waals surface area contributed by atoms with Crippen LogP contribution in [0.2, 0.25) is 0 Å². The highest BCUT2D eigenvalue weighted by Gasteiger charge is 2.37. The number of nitrogens with zero attached hydrogens (tertiary/aromatic N) is 2. The maximum absolute atomic E-state index is 13.6. The summed E-state index contributed by atoms with van der Waals surface area (Å²) in [4.78, 5) is 40.4. The molecule has 8 heteroatoms. The van der Waals surface area contributed by atoms with E-state index in [-0.39, 0.29) is 29.9 Å². The van der Waals surface area contributed by atoms with E-state index < -0.39 is 11.8 Å². The van der Waals surface area contributed by atoms with Gasteiger partial charge in [-0.15, -0.1) is 0 Å². The molecule has 1 heterocycles. The Kier molecular flexibility index (Phi) is 9.45. The molecular weight excluding hydrogens is 437 g/mol. The minimum absolute atomic E-state index is 0.0591. The van der Waals surface area contributed by atoms with Gasteiger partial charge in [0.25, 0.3) is 0 Å². The molecule has 188 valence electrons. The summed E-state index contributed by atoms with van der Waals surface area (Å²) in [5, 5.41) is 2.86. The lowest BCUT2D eigenvalue weighted by atomic mass is 9.82. The first-order valence-electron chi connectivity index (χ1n) is 12.5. The van der Waals surface area contributed by atoms with Crippen molar-refractivity contribution >= 4 is 17.7 Å². The summed E-state index contributed by atoms with van der Waals surface area (Å²) in [5.41, 5.74) is 1.04. The number of amides is 3. The molecule has 1 aromatic rings. The molecule has 0 aromatic heterocycles. The molecule has 3 amide bonds. The van der Waals surface area contributed by atoms with Crippen LogP contribution >= 0.6 is 0 Å². The van der Waals surface area contributed by atoms with Gasteiger partial charge in [0.05, 0.1) is 24.8 Å². The third-order valence-electron chi connectivity index (χ3n) is 6.98. The molecule has 1 aliphatic carbocycles. The molecule has 2 aliphatic rings. The van der Waals surface area contributed by atoms with Gasteiger partial charge in [-0.25, -0.2) is 4.39 Å². The lowest BCUT2D eigenvalue weighted by molar-refractivity contribution is -0.146. The summed E-state index contributed by atoms with van der Waals surface area (Å²) in [6.45, 7) is 2.93. The van der Waals surface area contributed by atoms with E-state index >= 15 is 0 Å². The molecule has 2 atom stereocenters. The van der Waals surface area contributed by atoms with E-state index in [1.807, 2.05) is 17.9 Å². The van der Waals surface area contributed by atoms with Crippen LogP contribution in [0.25, 0.3) is 0 Å². The highest BCUT2D eigenvalue weighted by Crippen LogP contribution is 2.34. The molecule has 1 aliphatic heterocycles. The van der Waals surface area contributed by atoms with E-state index in [9.17, 15) is 18.8 Å². The second kappa shape index (κ2) is 12.3. The van der Waals surface area contributed by atoms with Gasteiger partial charge in [0.15, 0.2) is 0 Å². The quantitative estimate of drug-likeness (QED) is 0.614. The average molecular weight is 476 g/mol. The van der Waals surface area contributed by atoms with Gasteiger partial charge in [-0.05, 0) is 68.6 Å². The Labute approximate surface area is 202 Å². The fourth-order valence-electron chi connectivity index (χ4n) is 5.09. The summed E-state index contributed by atoms with van der Waals surface area (Å²) in [6, 6.07) is 6.20. The average Bonchev–Trinajstić information content (AvgIpc) is 2.83. The van der Waals surface area contributed by atoms with Crippen molar-refractivity contribution < 1.29 is 23.5 Å². The van der Waals surface area contributed by atoms with E-state index in [1.54, 1.807) is 26.2 Å². The fourth-order valence-corrected chi connectivity index (χ4v) is 5.09. The second-order valence-electron chi connectivity index (χ2n) is 9.69. The lowest BCUT2D eigenvalue weighted by Gasteiger charge is -2.42. The van der Waals surface area contributed by atoms with Crippen LogP contribution in [0.15, 0.2) is 24.3 Å². The van der Waals surface area contributed by atoms with Crippen molar-refractivity contribution in [2.45, 2.75) is 82.4 Å². The third-order valence-corrected chi connectivity index (χ3v) is 6.98. The van der Waals surface area contributed by atoms with Crippen LogP contribution in [0.3, 0.4) is 0 Å². The number of carbonyl (C=O) groups is 3. The summed E-state index contributed by atoms with van der Waals surface area (Å²) in [5.74, 6) is -1.07. The first-order chi connectivity index (χ1) is 16.3. The zero-order chi connectivity index (χ0) is 24.7. The zero-order valence-electron chi connectivity index (χ0n) is 20.6. The number of piperidine rings is 1. The number of benzene rings is 1. The highest BCUT2D eigenvalue weighted by atomic mass is 19.1. The number of hydrogen-bond donors (Lipinski definition) is 1. The van der Waals surface area contributed by atoms with E-state index in [4.69, 9.17) is 4.74 Å². The smallest absolute Gasteiger partial charge is 0.311 e. The molecule has 7 nitrogen and oxygen atoms in total. The Balaban J connectivity index is 1.61. The van der Waals surface area contributed by atoms with Gasteiger partial charge in [-0.1, -0.05) is 19.1 Å². The predicted octanol–water partition coefficient (Wildman–Crippen LogP) is 3.23. The van der Waals surface area contributed by atoms with Gasteiger partial charge in [0.1, 0.15) is 5.82 Å². The van der Waals surface area contributed by atoms with Gasteiger partial charge in [0, 0.05) is 27.1 Å². The summed E-state index contributed by atoms with van der Waals surface area (Å²) < 4.78 is 19.9. The van der Waals surface area contributed by atoms with Crippen molar-refractivity contribution in [1.29, 1.82) is 0 Å². The maximum Gasteiger partial charge on any atom is 0.311 e. The number of ether oxygens (including phenoxy) is 1. The summed E-state index contributed by atoms with van der Waals surface area (Å²) in [6.07, 6.45) is 6.32. The normalized spacial score (nSPS) is 25.0. The SMILES string of the molecule is CCCC(=O)N1CCCC(NC(=O)C(=O)N(C)C)C1COC1CCC(c2cccc(F)c2)CC1. The number of hydrogen-bond acceptors (Lipinski definition) is 4. The van der Waals surface area contributed by atoms with Crippen molar-refractivity contribution in [3.05, 3.63) is 35.6 Å². The van der Waals surface area contributed by atoms with E-state index in [2.05, 4.69) is 5.32 Å². The standard InChI is InChI=1S/C26H38FN3O4/c1-4-7-24(31)30-15-6-10-22(28-25(32)26(33)29(2)3)23(30)17-34-21-13-11-18(12-14-21)19-8-5-9-20(27)16-19/h5,8-9,16,18,21-23H,4,6-7,10-15,17H2,1-3H3,(H,28,32). The second-order valence-corrected chi connectivity index (χ2v) is 9.69. The molecule has 0 bridgehead atoms. The van der Waals surface area contributed by atoms with Crippen molar-refractivity contribution in [1.82, 2.24) is 15.1 Å². The van der Waals surface area contributed by atoms with Crippen LogP contribution in [0.5, 0.6) is 0 Å². The minimum atomic E-state index is -0.652. The number of likely N-dealkylation sites (N-methyl/N-ethyl adjacent to an activating group) is 1. The Hall–Kier alpha value is -2.48. The van der Waals surface area contributed by atoms with Crippen LogP contribution in [-0.4, -0.2) is 73.0 Å². The predicted molar refractivity (Wildman–Crippen MR) is 128 cm³/mol. The van der Waals surface area contributed by atoms with Gasteiger partial charge < -0.3 is 19.9 Å². The maximum atomic E-state index is 13.6. The Morgan fingerprint density at radius 3 is 2.53 bits per heavy atom. The molecule has 1 saturated heterocycles. The molecule has 1 aromatic carbocycles. The van der Waals surface area contributed by atoms with Crippen LogP contribution < -0.4 is 5.32 Å². The van der Waals surface area contributed by atoms with Crippen LogP contribution in [0, 0.1) is 5.82 Å². The Bertz CT molecular complexity index is 854. The van der Waals surface area contributed by atoms with Gasteiger partial charge in [-0.2, -0.15) is 0 Å². The van der Waals surface area contributed by atoms with Crippen molar-refractivity contribution in [2.75, 3.05) is 27.2 Å². The van der Waals surface area contributed by atoms with Crippen LogP contribution in [-0.2, 0) is 19.1 Å². The minimum Gasteiger partial charge on any atom is -0.376 e. The van der Waals surface area contributed by atoms with Crippen molar-refractivity contribution in [2.24, 2.45) is 0 Å². The third kappa shape index (κ3) is 6.78. The van der Waals surface area contributed by atoms with E-state index in [0.29, 0.717) is 31.9 Å². The van der Waals surface area contributed by atoms with Gasteiger partial charge >= 0.3 is 11.8 Å². The summed E-state index contributed by atoms with van der Waals surface area (Å²) in [7, 11) is 3.08. The van der Waals surface area contributed by atoms with E-state index in [1.165, 1.54) is 11.0 Å². The topological polar surface area (TPSA) is 79.0 Å². The van der Waals surface area contributed by atoms with Crippen molar-refractivity contribution in [3.8, 4) is 0 Å². The van der Waals surface area contributed by atoms with Crippen molar-refractivity contribution in [3.63, 3.8) is 0 Å². The van der Waals surface area contributed by atoms with Gasteiger partial charge in [0.2, 0.25) is 5.91 Å². The first-order valence-corrected chi connectivity index (χ1v) is 12.5. The monoisotopic (exact) mass is 475 g/mol. The molecule has 2 fully saturated rings. The molecule has 0 radical (unpaired) electrons. The molecule has 0 spiro atoms. The molecule has 34 heavy (non-hydrogen) atoms. The Morgan fingerprint density at radius 2 is 1.88 bits per heavy atom. The number of rotatable bonds is 7. The number of likely N-dealkylation sites (tertiary alicyclic amines) is 1. The number of nitrogens with one attached hydrogen (secondary N) is 1. The molecule has 1 saturated carbocycles. The fraction of sp³-hybridized carbons (Fsp3) is 0.654. The summed E-state index contributed by atoms with van der Waals surface area (Å²) >= 11 is 0. The largest absolute Gasteiger partial charge is 0.376 e. The lowest BCUT2D eigenvalue weighted by Crippen LogP contribution is -2.60. The number of carbonyl (C=O) groups excluding carboxylic acids is 3. The molecular formula is C26H38FN3O4. The number of halogens is 1. The Morgan fingerprint density at radius 1 is 1.15 bits per heavy atom. The zero-order valence-corrected chi connectivity index (χ0v) is 20.6. The van der Waals surface area contributed by atoms with E-state index in [0.717, 1.165) is 44.1 Å². The molecule has 1 N–H and O–H groups in total. The van der Waals surface area contributed by atoms with Gasteiger partial charge in [-0.3, -0.25) is 14.4 Å². The highest BCUT2D eigenvalue weighted by molar-refractivity contribution is 6.34. The van der Waals surface area contributed by atoms with Crippen LogP contribution in [0.1, 0.15) is 69.8 Å².